The van der Waals surface area contributed by atoms with Crippen LogP contribution in [-0.4, -0.2) is 21.5 Å². The minimum absolute atomic E-state index is 0.373. The van der Waals surface area contributed by atoms with Gasteiger partial charge in [0, 0.05) is 40.8 Å². The normalized spacial score (nSPS) is 19.0. The summed E-state index contributed by atoms with van der Waals surface area (Å²) in [6.07, 6.45) is 6.07. The first-order valence-electron chi connectivity index (χ1n) is 7.65. The molecule has 112 valence electrons. The van der Waals surface area contributed by atoms with Crippen LogP contribution in [0.1, 0.15) is 29.3 Å². The van der Waals surface area contributed by atoms with Gasteiger partial charge in [-0.2, -0.15) is 0 Å². The van der Waals surface area contributed by atoms with Gasteiger partial charge in [-0.15, -0.1) is 11.3 Å². The standard InChI is InChI=1S/C18H18N2OS/c21-17-6-5-13-7-8-19-11-14(13)15(17)12-20-9-1-3-16(20)18-4-2-10-22-18/h2,4-8,10-11,16,21H,1,3,9,12H2/t16-/m1/s1. The van der Waals surface area contributed by atoms with E-state index in [4.69, 9.17) is 0 Å². The first-order valence-corrected chi connectivity index (χ1v) is 8.53. The highest BCUT2D eigenvalue weighted by Crippen LogP contribution is 2.37. The highest BCUT2D eigenvalue weighted by Gasteiger charge is 2.27. The van der Waals surface area contributed by atoms with Crippen LogP contribution in [0, 0.1) is 0 Å². The van der Waals surface area contributed by atoms with E-state index in [1.165, 1.54) is 17.7 Å². The third kappa shape index (κ3) is 2.38. The maximum Gasteiger partial charge on any atom is 0.120 e. The molecule has 22 heavy (non-hydrogen) atoms. The molecule has 0 bridgehead atoms. The van der Waals surface area contributed by atoms with E-state index in [0.29, 0.717) is 11.8 Å². The molecule has 2 aromatic heterocycles. The van der Waals surface area contributed by atoms with E-state index in [2.05, 4.69) is 27.4 Å². The van der Waals surface area contributed by atoms with Gasteiger partial charge in [0.2, 0.25) is 0 Å². The van der Waals surface area contributed by atoms with Crippen LogP contribution in [0.25, 0.3) is 10.8 Å². The van der Waals surface area contributed by atoms with E-state index in [9.17, 15) is 5.11 Å². The Morgan fingerprint density at radius 3 is 3.09 bits per heavy atom. The van der Waals surface area contributed by atoms with Crippen LogP contribution in [0.5, 0.6) is 5.75 Å². The van der Waals surface area contributed by atoms with E-state index in [1.54, 1.807) is 12.3 Å². The molecule has 1 N–H and O–H groups in total. The van der Waals surface area contributed by atoms with Crippen molar-refractivity contribution in [3.05, 3.63) is 58.5 Å². The van der Waals surface area contributed by atoms with Gasteiger partial charge in [0.15, 0.2) is 0 Å². The van der Waals surface area contributed by atoms with Gasteiger partial charge in [-0.1, -0.05) is 12.1 Å². The third-order valence-corrected chi connectivity index (χ3v) is 5.48. The van der Waals surface area contributed by atoms with Crippen LogP contribution >= 0.6 is 11.3 Å². The summed E-state index contributed by atoms with van der Waals surface area (Å²) in [5.41, 5.74) is 0.994. The summed E-state index contributed by atoms with van der Waals surface area (Å²) >= 11 is 1.83. The predicted molar refractivity (Wildman–Crippen MR) is 90.1 cm³/mol. The van der Waals surface area contributed by atoms with E-state index in [0.717, 1.165) is 29.4 Å². The summed E-state index contributed by atoms with van der Waals surface area (Å²) in [6.45, 7) is 1.86. The zero-order chi connectivity index (χ0) is 14.9. The first-order chi connectivity index (χ1) is 10.8. The van der Waals surface area contributed by atoms with Gasteiger partial charge in [-0.05, 0) is 48.4 Å². The largest absolute Gasteiger partial charge is 0.508 e. The summed E-state index contributed by atoms with van der Waals surface area (Å²) in [4.78, 5) is 8.14. The molecule has 1 aromatic carbocycles. The minimum Gasteiger partial charge on any atom is -0.508 e. The number of phenolic OH excluding ortho intramolecular Hbond substituents is 1. The Morgan fingerprint density at radius 2 is 2.23 bits per heavy atom. The van der Waals surface area contributed by atoms with Crippen LogP contribution in [0.15, 0.2) is 48.1 Å². The summed E-state index contributed by atoms with van der Waals surface area (Å²) in [5, 5.41) is 14.7. The lowest BCUT2D eigenvalue weighted by atomic mass is 10.0. The molecule has 0 unspecified atom stereocenters. The van der Waals surface area contributed by atoms with E-state index < -0.39 is 0 Å². The van der Waals surface area contributed by atoms with E-state index in [-0.39, 0.29) is 0 Å². The first kappa shape index (κ1) is 13.7. The number of pyridine rings is 1. The Kier molecular flexibility index (Phi) is 3.56. The monoisotopic (exact) mass is 310 g/mol. The Labute approximate surface area is 133 Å². The number of aromatic nitrogens is 1. The van der Waals surface area contributed by atoms with Crippen LogP contribution < -0.4 is 0 Å². The molecule has 1 aliphatic heterocycles. The molecule has 1 atom stereocenters. The molecule has 3 nitrogen and oxygen atoms in total. The molecule has 0 amide bonds. The van der Waals surface area contributed by atoms with Gasteiger partial charge in [0.25, 0.3) is 0 Å². The maximum absolute atomic E-state index is 10.3. The highest BCUT2D eigenvalue weighted by atomic mass is 32.1. The number of aromatic hydroxyl groups is 1. The number of fused-ring (bicyclic) bond motifs is 1. The van der Waals surface area contributed by atoms with Crippen LogP contribution in [0.2, 0.25) is 0 Å². The van der Waals surface area contributed by atoms with Gasteiger partial charge in [-0.25, -0.2) is 0 Å². The Morgan fingerprint density at radius 1 is 1.27 bits per heavy atom. The fraction of sp³-hybridized carbons (Fsp3) is 0.278. The number of thiophene rings is 1. The lowest BCUT2D eigenvalue weighted by Crippen LogP contribution is -2.22. The molecule has 0 saturated carbocycles. The molecule has 0 spiro atoms. The van der Waals surface area contributed by atoms with Crippen molar-refractivity contribution in [1.82, 2.24) is 9.88 Å². The molecule has 4 heteroatoms. The molecule has 4 rings (SSSR count). The zero-order valence-electron chi connectivity index (χ0n) is 12.3. The Hall–Kier alpha value is -1.91. The SMILES string of the molecule is Oc1ccc2ccncc2c1CN1CCC[C@@H]1c1cccs1. The van der Waals surface area contributed by atoms with Crippen molar-refractivity contribution in [1.29, 1.82) is 0 Å². The summed E-state index contributed by atoms with van der Waals surface area (Å²) in [7, 11) is 0. The van der Waals surface area contributed by atoms with Gasteiger partial charge < -0.3 is 5.11 Å². The summed E-state index contributed by atoms with van der Waals surface area (Å²) in [5.74, 6) is 0.373. The number of benzene rings is 1. The number of nitrogens with zero attached hydrogens (tertiary/aromatic N) is 2. The molecule has 0 aliphatic carbocycles. The third-order valence-electron chi connectivity index (χ3n) is 4.51. The summed E-state index contributed by atoms with van der Waals surface area (Å²) < 4.78 is 0. The quantitative estimate of drug-likeness (QED) is 0.782. The van der Waals surface area contributed by atoms with Crippen molar-refractivity contribution in [3.63, 3.8) is 0 Å². The van der Waals surface area contributed by atoms with Crippen LogP contribution in [0.4, 0.5) is 0 Å². The number of phenols is 1. The van der Waals surface area contributed by atoms with Crippen molar-refractivity contribution >= 4 is 22.1 Å². The topological polar surface area (TPSA) is 36.4 Å². The second kappa shape index (κ2) is 5.71. The van der Waals surface area contributed by atoms with Crippen molar-refractivity contribution in [2.75, 3.05) is 6.54 Å². The number of likely N-dealkylation sites (tertiary alicyclic amines) is 1. The molecular formula is C18H18N2OS. The van der Waals surface area contributed by atoms with Crippen molar-refractivity contribution in [2.45, 2.75) is 25.4 Å². The van der Waals surface area contributed by atoms with Crippen LogP contribution in [0.3, 0.4) is 0 Å². The fourth-order valence-corrected chi connectivity index (χ4v) is 4.29. The lowest BCUT2D eigenvalue weighted by molar-refractivity contribution is 0.249. The number of hydrogen-bond acceptors (Lipinski definition) is 4. The fourth-order valence-electron chi connectivity index (χ4n) is 3.40. The second-order valence-corrected chi connectivity index (χ2v) is 6.78. The molecule has 1 fully saturated rings. The Balaban J connectivity index is 1.70. The van der Waals surface area contributed by atoms with E-state index in [1.807, 2.05) is 29.7 Å². The molecule has 1 aliphatic rings. The lowest BCUT2D eigenvalue weighted by Gasteiger charge is -2.24. The average Bonchev–Trinajstić information content (AvgIpc) is 3.21. The minimum atomic E-state index is 0.373. The molecule has 3 heterocycles. The summed E-state index contributed by atoms with van der Waals surface area (Å²) in [6, 6.07) is 10.6. The molecule has 0 radical (unpaired) electrons. The average molecular weight is 310 g/mol. The van der Waals surface area contributed by atoms with Crippen LogP contribution in [-0.2, 0) is 6.54 Å². The van der Waals surface area contributed by atoms with Gasteiger partial charge in [0.1, 0.15) is 5.75 Å². The zero-order valence-corrected chi connectivity index (χ0v) is 13.1. The van der Waals surface area contributed by atoms with Crippen molar-refractivity contribution < 1.29 is 5.11 Å². The van der Waals surface area contributed by atoms with Gasteiger partial charge >= 0.3 is 0 Å². The van der Waals surface area contributed by atoms with E-state index >= 15 is 0 Å². The number of hydrogen-bond donors (Lipinski definition) is 1. The van der Waals surface area contributed by atoms with Gasteiger partial charge in [-0.3, -0.25) is 9.88 Å². The van der Waals surface area contributed by atoms with Crippen molar-refractivity contribution in [2.24, 2.45) is 0 Å². The second-order valence-electron chi connectivity index (χ2n) is 5.80. The molecular weight excluding hydrogens is 292 g/mol. The smallest absolute Gasteiger partial charge is 0.120 e. The van der Waals surface area contributed by atoms with Gasteiger partial charge in [0.05, 0.1) is 0 Å². The molecule has 3 aromatic rings. The number of rotatable bonds is 3. The Bertz CT molecular complexity index is 785. The molecule has 1 saturated heterocycles. The van der Waals surface area contributed by atoms with Crippen molar-refractivity contribution in [3.8, 4) is 5.75 Å². The highest BCUT2D eigenvalue weighted by molar-refractivity contribution is 7.10. The predicted octanol–water partition coefficient (Wildman–Crippen LogP) is 4.34. The maximum atomic E-state index is 10.3.